The van der Waals surface area contributed by atoms with Gasteiger partial charge in [0.1, 0.15) is 13.3 Å². The molecule has 0 aromatic carbocycles. The van der Waals surface area contributed by atoms with Crippen molar-refractivity contribution in [1.29, 1.82) is 0 Å². The minimum atomic E-state index is -0.936. The highest BCUT2D eigenvalue weighted by Crippen LogP contribution is 2.31. The number of hydrogen-bond acceptors (Lipinski definition) is 28. The van der Waals surface area contributed by atoms with Gasteiger partial charge in [-0.1, -0.05) is 71.2 Å². The second-order valence-corrected chi connectivity index (χ2v) is 32.0. The van der Waals surface area contributed by atoms with Crippen molar-refractivity contribution in [2.75, 3.05) is 65.7 Å². The van der Waals surface area contributed by atoms with E-state index >= 15 is 0 Å². The van der Waals surface area contributed by atoms with Crippen LogP contribution in [0, 0.1) is 22.7 Å². The quantitative estimate of drug-likeness (QED) is 0.100. The number of nitrogens with zero attached hydrogens (tertiary/aromatic N) is 14. The molecule has 0 fully saturated rings. The van der Waals surface area contributed by atoms with E-state index in [2.05, 4.69) is 0 Å². The molecule has 14 aliphatic rings. The van der Waals surface area contributed by atoms with Crippen LogP contribution in [0.5, 0.6) is 0 Å². The van der Waals surface area contributed by atoms with Crippen molar-refractivity contribution in [2.24, 2.45) is 22.7 Å². The fourth-order valence-electron chi connectivity index (χ4n) is 13.9. The Labute approximate surface area is 752 Å². The van der Waals surface area contributed by atoms with Gasteiger partial charge in [0, 0.05) is 215 Å². The van der Waals surface area contributed by atoms with Crippen LogP contribution in [0.2, 0.25) is 0 Å². The summed E-state index contributed by atoms with van der Waals surface area (Å²) in [7, 11) is 0. The molecule has 14 rings (SSSR count). The van der Waals surface area contributed by atoms with Crippen LogP contribution in [0.1, 0.15) is 118 Å². The van der Waals surface area contributed by atoms with Gasteiger partial charge < -0.3 is 0 Å². The van der Waals surface area contributed by atoms with Crippen LogP contribution in [0.4, 0.5) is 0 Å². The van der Waals surface area contributed by atoms with Gasteiger partial charge in [0.15, 0.2) is 0 Å². The number of rotatable bonds is 27. The Bertz CT molecular complexity index is 4860. The molecule has 0 saturated carbocycles. The van der Waals surface area contributed by atoms with Gasteiger partial charge in [0.05, 0.1) is 24.7 Å². The lowest BCUT2D eigenvalue weighted by Gasteiger charge is -2.36. The maximum Gasteiger partial charge on any atom is 0.255 e. The summed E-state index contributed by atoms with van der Waals surface area (Å²) in [6.45, 7) is 17.6. The fourth-order valence-corrected chi connectivity index (χ4v) is 13.9. The first-order valence-corrected chi connectivity index (χ1v) is 39.0. The minimum Gasteiger partial charge on any atom is -0.275 e. The number of amides is 28. The molecule has 0 spiro atoms. The van der Waals surface area contributed by atoms with Crippen molar-refractivity contribution in [3.05, 3.63) is 170 Å². The van der Waals surface area contributed by atoms with Crippen LogP contribution in [-0.2, 0) is 134 Å². The molecular formula is C89H102N14O28. The number of imide groups is 14. The molecule has 3 atom stereocenters. The van der Waals surface area contributed by atoms with Crippen LogP contribution in [0.15, 0.2) is 170 Å². The van der Waals surface area contributed by atoms with E-state index in [-0.39, 0.29) is 157 Å². The lowest BCUT2D eigenvalue weighted by molar-refractivity contribution is -0.148. The first-order chi connectivity index (χ1) is 59.5. The number of hydrogen-bond donors (Lipinski definition) is 0. The van der Waals surface area contributed by atoms with Gasteiger partial charge >= 0.3 is 0 Å². The third-order valence-corrected chi connectivity index (χ3v) is 20.1. The summed E-state index contributed by atoms with van der Waals surface area (Å²) in [4.78, 5) is 333. The Morgan fingerprint density at radius 3 is 0.695 bits per heavy atom. The van der Waals surface area contributed by atoms with Crippen molar-refractivity contribution in [3.63, 3.8) is 0 Å². The highest BCUT2D eigenvalue weighted by molar-refractivity contribution is 6.21. The summed E-state index contributed by atoms with van der Waals surface area (Å²) < 4.78 is 0. The van der Waals surface area contributed by atoms with Crippen LogP contribution >= 0.6 is 0 Å². The van der Waals surface area contributed by atoms with Gasteiger partial charge in [0.2, 0.25) is 0 Å². The third kappa shape index (κ3) is 27.7. The van der Waals surface area contributed by atoms with Gasteiger partial charge in [-0.15, -0.1) is 0 Å². The normalized spacial score (nSPS) is 19.2. The summed E-state index contributed by atoms with van der Waals surface area (Å²) in [5.74, 6) is -10.8. The van der Waals surface area contributed by atoms with Crippen LogP contribution in [0.25, 0.3) is 0 Å². The molecule has 42 heteroatoms. The highest BCUT2D eigenvalue weighted by Gasteiger charge is 2.43. The lowest BCUT2D eigenvalue weighted by Crippen LogP contribution is -2.55. The Kier molecular flexibility index (Phi) is 37.5. The molecule has 14 aliphatic heterocycles. The second-order valence-electron chi connectivity index (χ2n) is 32.0. The van der Waals surface area contributed by atoms with E-state index in [1.165, 1.54) is 141 Å². The molecule has 28 amide bonds. The molecule has 0 aromatic rings. The van der Waals surface area contributed by atoms with Crippen molar-refractivity contribution in [2.45, 2.75) is 129 Å². The minimum absolute atomic E-state index is 0. The van der Waals surface area contributed by atoms with Crippen LogP contribution < -0.4 is 0 Å². The van der Waals surface area contributed by atoms with Crippen molar-refractivity contribution >= 4 is 165 Å². The van der Waals surface area contributed by atoms with Gasteiger partial charge in [-0.2, -0.15) is 0 Å². The second kappa shape index (κ2) is 45.7. The maximum atomic E-state index is 11.6. The van der Waals surface area contributed by atoms with Crippen molar-refractivity contribution < 1.29 is 134 Å². The SMILES string of the molecule is C.C.C.C.CC(C)(CN1C(=O)C=CC1=O)CN1C(=O)C=CC1=O.CC(C)(CN1C(=O)C=CC1=O)N1C(=O)C=CC1=O.CC(CCCN1C(=O)C=CC1=O)CN1C(=O)C=CC1=O.CC(CCN1C(=O)C=CC1=O)CC(C)(C)CN1C(=O)C=CC1=O.CC(CN1C(=O)C=CC1=O)N1C(=O)C=CC1=O.O=C1C=CC(=O)N1CN1C(=O)C=CC1=O.O=C1C=CC(=O)N1CN1C(=O)C=CC1=O. The van der Waals surface area contributed by atoms with Crippen LogP contribution in [0.3, 0.4) is 0 Å². The zero-order valence-corrected chi connectivity index (χ0v) is 70.0. The molecular weight excluding hydrogens is 1710 g/mol. The number of carbonyl (C=O) groups is 28. The van der Waals surface area contributed by atoms with E-state index in [1.54, 1.807) is 34.6 Å². The monoisotopic (exact) mass is 1810 g/mol. The van der Waals surface area contributed by atoms with Gasteiger partial charge in [-0.05, 0) is 63.7 Å². The topological polar surface area (TPSA) is 523 Å². The molecule has 696 valence electrons. The highest BCUT2D eigenvalue weighted by atomic mass is 16.2. The van der Waals surface area contributed by atoms with Gasteiger partial charge in [0.25, 0.3) is 165 Å². The molecule has 0 radical (unpaired) electrons. The predicted octanol–water partition coefficient (Wildman–Crippen LogP) is 0.366. The Balaban J connectivity index is 0.000000319. The molecule has 0 saturated heterocycles. The Hall–Kier alpha value is -15.7. The van der Waals surface area contributed by atoms with Crippen molar-refractivity contribution in [1.82, 2.24) is 68.6 Å². The summed E-state index contributed by atoms with van der Waals surface area (Å²) in [6, 6.07) is -0.530. The predicted molar refractivity (Wildman–Crippen MR) is 457 cm³/mol. The molecule has 0 bridgehead atoms. The molecule has 0 N–H and O–H groups in total. The average Bonchev–Trinajstić information content (AvgIpc) is 1.67. The largest absolute Gasteiger partial charge is 0.275 e. The summed E-state index contributed by atoms with van der Waals surface area (Å²) in [5.41, 5.74) is -1.72. The summed E-state index contributed by atoms with van der Waals surface area (Å²) >= 11 is 0. The molecule has 131 heavy (non-hydrogen) atoms. The van der Waals surface area contributed by atoms with Gasteiger partial charge in [-0.3, -0.25) is 203 Å². The molecule has 0 aliphatic carbocycles. The maximum absolute atomic E-state index is 11.6. The van der Waals surface area contributed by atoms with Crippen LogP contribution in [-0.4, -0.2) is 311 Å². The zero-order chi connectivity index (χ0) is 94.2. The Morgan fingerprint density at radius 2 is 0.420 bits per heavy atom. The smallest absolute Gasteiger partial charge is 0.255 e. The average molecular weight is 1820 g/mol. The third-order valence-electron chi connectivity index (χ3n) is 20.1. The van der Waals surface area contributed by atoms with E-state index in [0.29, 0.717) is 39.0 Å². The first-order valence-electron chi connectivity index (χ1n) is 39.0. The number of carbonyl (C=O) groups excluding carboxylic acids is 28. The van der Waals surface area contributed by atoms with Crippen molar-refractivity contribution in [3.8, 4) is 0 Å². The Morgan fingerprint density at radius 1 is 0.214 bits per heavy atom. The summed E-state index contributed by atoms with van der Waals surface area (Å²) in [5, 5.41) is 0. The van der Waals surface area contributed by atoms with E-state index < -0.39 is 112 Å². The van der Waals surface area contributed by atoms with Gasteiger partial charge in [-0.25, -0.2) is 0 Å². The standard InChI is InChI=1S/C17H22N2O4.C14H16N2O4.C13H14N2O4.C12H12N2O4.C11H10N2O4.2C9H6N2O4.4CH4/c1-12(8-9-18-13(20)4-5-14(18)21)10-17(2,3)11-19-15(22)6-7-16(19)23;1-10(9-16-13(19)6-7-14(16)20)3-2-8-15-11(17)4-5-12(15)18;1-13(2,7-14-9(16)3-4-10(14)17)8-15-11(18)5-6-12(15)19;1-12(2,14-10(17)5-6-11(14)18)7-13-8(15)3-4-9(13)16;1-7(13-10(16)4-5-11(13)17)6-12-8(14)2-3-9(12)15;2*12-6-1-2-7(13)10(6)5-11-8(14)3-4-9(11)15;;;;/h4-7,12H,8-11H2,1-3H3;4-7,10H,2-3,8-9H2,1H3;3-6H,7-8H2,1-2H3;3-6H,7H2,1-2H3;2-5,7H,6H2,1H3;2*1-4H,5H2;4*1H4. The fraction of sp³-hybridized carbons (Fsp3) is 0.371. The molecule has 3 unspecified atom stereocenters. The first kappa shape index (κ1) is 108. The molecule has 0 aromatic heterocycles. The van der Waals surface area contributed by atoms with E-state index in [4.69, 9.17) is 0 Å². The molecule has 42 nitrogen and oxygen atoms in total. The lowest BCUT2D eigenvalue weighted by atomic mass is 9.81. The molecule has 14 heterocycles. The zero-order valence-electron chi connectivity index (χ0n) is 70.0. The summed E-state index contributed by atoms with van der Waals surface area (Å²) in [6.07, 6.45) is 36.1. The van der Waals surface area contributed by atoms with E-state index in [0.717, 1.165) is 110 Å². The van der Waals surface area contributed by atoms with E-state index in [9.17, 15) is 134 Å². The van der Waals surface area contributed by atoms with E-state index in [1.807, 2.05) is 27.7 Å².